The molecule has 0 fully saturated rings. The first-order chi connectivity index (χ1) is 25.1. The normalized spacial score (nSPS) is 13.3. The number of carboxylic acid groups (broad SMARTS) is 1. The average Bonchev–Trinajstić information content (AvgIpc) is 3.09. The lowest BCUT2D eigenvalue weighted by Gasteiger charge is -2.34. The lowest BCUT2D eigenvalue weighted by Crippen LogP contribution is -2.55. The molecule has 0 heterocycles. The van der Waals surface area contributed by atoms with Crippen LogP contribution in [0, 0.1) is 0 Å². The number of hydrogen-bond acceptors (Lipinski definition) is 7. The number of allylic oxidation sites excluding steroid dienone is 6. The van der Waals surface area contributed by atoms with Crippen LogP contribution in [0.2, 0.25) is 0 Å². The number of quaternary nitrogens is 1. The third-order valence-electron chi connectivity index (χ3n) is 9.29. The minimum atomic E-state index is -1.13. The Morgan fingerprint density at radius 3 is 1.60 bits per heavy atom. The second kappa shape index (κ2) is 35.6. The minimum Gasteiger partial charge on any atom is -0.544 e. The van der Waals surface area contributed by atoms with Crippen LogP contribution < -0.4 is 5.11 Å². The first-order valence-electron chi connectivity index (χ1n) is 21.0. The molecule has 0 bridgehead atoms. The fourth-order valence-corrected chi connectivity index (χ4v) is 6.03. The van der Waals surface area contributed by atoms with E-state index >= 15 is 0 Å². The van der Waals surface area contributed by atoms with Gasteiger partial charge >= 0.3 is 11.9 Å². The Labute approximate surface area is 319 Å². The number of unbranched alkanes of at least 4 members (excludes halogenated alkanes) is 17. The predicted octanol–water partition coefficient (Wildman–Crippen LogP) is 9.74. The van der Waals surface area contributed by atoms with Crippen molar-refractivity contribution in [2.75, 3.05) is 41.0 Å². The van der Waals surface area contributed by atoms with Gasteiger partial charge in [-0.05, 0) is 44.9 Å². The number of ether oxygens (including phenoxy) is 3. The van der Waals surface area contributed by atoms with Crippen molar-refractivity contribution in [1.29, 1.82) is 0 Å². The van der Waals surface area contributed by atoms with Crippen LogP contribution in [0.4, 0.5) is 0 Å². The van der Waals surface area contributed by atoms with E-state index in [4.69, 9.17) is 14.2 Å². The molecule has 0 amide bonds. The quantitative estimate of drug-likeness (QED) is 0.0271. The molecule has 0 aliphatic heterocycles. The molecule has 52 heavy (non-hydrogen) atoms. The SMILES string of the molecule is CC/C=C/C/C=C/C/C=C/CCCCC(=O)OC(COCCC(C(=O)[O-])[N+](C)(C)C)COC(=O)CCCCCCCCCCCCCCCCCC. The summed E-state index contributed by atoms with van der Waals surface area (Å²) in [7, 11) is 5.39. The molecule has 0 aliphatic carbocycles. The van der Waals surface area contributed by atoms with E-state index < -0.39 is 18.1 Å². The largest absolute Gasteiger partial charge is 0.544 e. The number of rotatable bonds is 37. The molecule has 0 aromatic heterocycles. The Morgan fingerprint density at radius 2 is 1.08 bits per heavy atom. The van der Waals surface area contributed by atoms with E-state index in [-0.39, 0.29) is 49.1 Å². The van der Waals surface area contributed by atoms with Gasteiger partial charge in [0, 0.05) is 19.3 Å². The molecule has 8 nitrogen and oxygen atoms in total. The monoisotopic (exact) mass is 734 g/mol. The minimum absolute atomic E-state index is 0.0273. The Bertz CT molecular complexity index is 953. The molecule has 0 saturated heterocycles. The van der Waals surface area contributed by atoms with Gasteiger partial charge in [-0.2, -0.15) is 0 Å². The summed E-state index contributed by atoms with van der Waals surface area (Å²) in [5.74, 6) is -1.78. The van der Waals surface area contributed by atoms with Crippen molar-refractivity contribution in [2.24, 2.45) is 0 Å². The molecule has 8 heteroatoms. The molecule has 0 aromatic rings. The van der Waals surface area contributed by atoms with Gasteiger partial charge in [-0.3, -0.25) is 9.59 Å². The van der Waals surface area contributed by atoms with Gasteiger partial charge in [-0.1, -0.05) is 147 Å². The number of carbonyl (C=O) groups excluding carboxylic acids is 3. The second-order valence-corrected chi connectivity index (χ2v) is 15.2. The van der Waals surface area contributed by atoms with Gasteiger partial charge in [-0.15, -0.1) is 0 Å². The third-order valence-corrected chi connectivity index (χ3v) is 9.29. The van der Waals surface area contributed by atoms with Crippen molar-refractivity contribution in [3.63, 3.8) is 0 Å². The van der Waals surface area contributed by atoms with Gasteiger partial charge in [0.05, 0.1) is 40.3 Å². The average molecular weight is 734 g/mol. The van der Waals surface area contributed by atoms with Gasteiger partial charge in [-0.25, -0.2) is 0 Å². The van der Waals surface area contributed by atoms with Crippen molar-refractivity contribution in [3.05, 3.63) is 36.5 Å². The highest BCUT2D eigenvalue weighted by molar-refractivity contribution is 5.70. The molecule has 2 atom stereocenters. The molecule has 0 spiro atoms. The number of carbonyl (C=O) groups is 3. The number of esters is 2. The van der Waals surface area contributed by atoms with Gasteiger partial charge < -0.3 is 28.6 Å². The van der Waals surface area contributed by atoms with Crippen molar-refractivity contribution in [2.45, 2.75) is 187 Å². The van der Waals surface area contributed by atoms with Crippen molar-refractivity contribution >= 4 is 17.9 Å². The first-order valence-corrected chi connectivity index (χ1v) is 21.0. The fraction of sp³-hybridized carbons (Fsp3) is 0.795. The molecule has 0 aliphatic rings. The topological polar surface area (TPSA) is 102 Å². The molecule has 0 radical (unpaired) electrons. The van der Waals surface area contributed by atoms with Gasteiger partial charge in [0.2, 0.25) is 0 Å². The Hall–Kier alpha value is -2.45. The standard InChI is InChI=1S/C44H79NO7/c1-6-8-10-12-14-16-18-20-21-22-23-25-26-28-30-32-34-42(46)51-39-40(38-50-37-36-41(44(48)49)45(3,4)5)52-43(47)35-33-31-29-27-24-19-17-15-13-11-9-7-2/h9,11,15,17,24,27,40-41H,6-8,10,12-14,16,18-23,25-26,28-39H2,1-5H3/b11-9+,17-15+,27-24+. The van der Waals surface area contributed by atoms with E-state index in [1.54, 1.807) is 21.1 Å². The van der Waals surface area contributed by atoms with Crippen LogP contribution in [0.15, 0.2) is 36.5 Å². The van der Waals surface area contributed by atoms with E-state index in [0.717, 1.165) is 51.4 Å². The summed E-state index contributed by atoms with van der Waals surface area (Å²) >= 11 is 0. The van der Waals surface area contributed by atoms with Crippen molar-refractivity contribution in [3.8, 4) is 0 Å². The number of hydrogen-bond donors (Lipinski definition) is 0. The Morgan fingerprint density at radius 1 is 0.596 bits per heavy atom. The molecule has 0 N–H and O–H groups in total. The van der Waals surface area contributed by atoms with E-state index in [1.165, 1.54) is 83.5 Å². The van der Waals surface area contributed by atoms with E-state index in [9.17, 15) is 19.5 Å². The second-order valence-electron chi connectivity index (χ2n) is 15.2. The highest BCUT2D eigenvalue weighted by atomic mass is 16.6. The van der Waals surface area contributed by atoms with Gasteiger partial charge in [0.15, 0.2) is 6.10 Å². The molecular formula is C44H79NO7. The van der Waals surface area contributed by atoms with Gasteiger partial charge in [0.1, 0.15) is 12.6 Å². The Balaban J connectivity index is 4.37. The maximum atomic E-state index is 12.6. The summed E-state index contributed by atoms with van der Waals surface area (Å²) in [5, 5.41) is 11.6. The van der Waals surface area contributed by atoms with Crippen molar-refractivity contribution < 1.29 is 38.2 Å². The van der Waals surface area contributed by atoms with Crippen LogP contribution in [0.25, 0.3) is 0 Å². The number of carboxylic acids is 1. The predicted molar refractivity (Wildman–Crippen MR) is 213 cm³/mol. The third kappa shape index (κ3) is 33.4. The molecule has 0 rings (SSSR count). The number of aliphatic carboxylic acids is 1. The van der Waals surface area contributed by atoms with Crippen molar-refractivity contribution in [1.82, 2.24) is 0 Å². The van der Waals surface area contributed by atoms with Crippen LogP contribution in [-0.4, -0.2) is 75.5 Å². The smallest absolute Gasteiger partial charge is 0.306 e. The maximum Gasteiger partial charge on any atom is 0.306 e. The van der Waals surface area contributed by atoms with E-state index in [1.807, 2.05) is 0 Å². The summed E-state index contributed by atoms with van der Waals surface area (Å²) in [6, 6.07) is -0.730. The highest BCUT2D eigenvalue weighted by Gasteiger charge is 2.25. The molecule has 2 unspecified atom stereocenters. The maximum absolute atomic E-state index is 12.6. The van der Waals surface area contributed by atoms with Crippen LogP contribution in [0.1, 0.15) is 174 Å². The zero-order chi connectivity index (χ0) is 38.5. The summed E-state index contributed by atoms with van der Waals surface area (Å²) in [4.78, 5) is 36.7. The summed E-state index contributed by atoms with van der Waals surface area (Å²) < 4.78 is 17.1. The molecule has 0 saturated carbocycles. The van der Waals surface area contributed by atoms with Gasteiger partial charge in [0.25, 0.3) is 0 Å². The lowest BCUT2D eigenvalue weighted by molar-refractivity contribution is -0.889. The number of likely N-dealkylation sites (N-methyl/N-ethyl adjacent to an activating group) is 1. The highest BCUT2D eigenvalue weighted by Crippen LogP contribution is 2.15. The molecular weight excluding hydrogens is 654 g/mol. The van der Waals surface area contributed by atoms with E-state index in [0.29, 0.717) is 12.8 Å². The number of nitrogens with zero attached hydrogens (tertiary/aromatic N) is 1. The molecule has 0 aromatic carbocycles. The first kappa shape index (κ1) is 49.6. The van der Waals surface area contributed by atoms with Crippen LogP contribution in [-0.2, 0) is 28.6 Å². The summed E-state index contributed by atoms with van der Waals surface area (Å²) in [5.41, 5.74) is 0. The molecule has 302 valence electrons. The van der Waals surface area contributed by atoms with Crippen LogP contribution >= 0.6 is 0 Å². The van der Waals surface area contributed by atoms with Crippen LogP contribution in [0.5, 0.6) is 0 Å². The summed E-state index contributed by atoms with van der Waals surface area (Å²) in [6.07, 6.45) is 38.9. The van der Waals surface area contributed by atoms with Crippen LogP contribution in [0.3, 0.4) is 0 Å². The lowest BCUT2D eigenvalue weighted by atomic mass is 10.0. The Kier molecular flexibility index (Phi) is 33.9. The fourth-order valence-electron chi connectivity index (χ4n) is 6.03. The zero-order valence-electron chi connectivity index (χ0n) is 34.2. The zero-order valence-corrected chi connectivity index (χ0v) is 34.2. The van der Waals surface area contributed by atoms with E-state index in [2.05, 4.69) is 50.3 Å². The summed E-state index contributed by atoms with van der Waals surface area (Å²) in [6.45, 7) is 4.50.